The maximum atomic E-state index is 11.0. The van der Waals surface area contributed by atoms with Gasteiger partial charge in [-0.3, -0.25) is 5.10 Å². The number of nitrogens with one attached hydrogen (secondary N) is 1. The van der Waals surface area contributed by atoms with Crippen molar-refractivity contribution in [2.45, 2.75) is 25.3 Å². The minimum absolute atomic E-state index is 0.0435. The summed E-state index contributed by atoms with van der Waals surface area (Å²) in [4.78, 5) is 16.7. The van der Waals surface area contributed by atoms with Gasteiger partial charge in [-0.05, 0) is 36.5 Å². The van der Waals surface area contributed by atoms with E-state index in [4.69, 9.17) is 10.8 Å². The molecule has 0 radical (unpaired) electrons. The van der Waals surface area contributed by atoms with Crippen LogP contribution in [0.1, 0.15) is 24.8 Å². The molecule has 4 N–H and O–H groups in total. The SMILES string of the molecule is CN(C(=O)O)C1CC=C(c2cnc3[nH]nc(N)c3c2)CC1. The largest absolute Gasteiger partial charge is 0.465 e. The van der Waals surface area contributed by atoms with Gasteiger partial charge in [0.05, 0.1) is 5.39 Å². The lowest BCUT2D eigenvalue weighted by molar-refractivity contribution is 0.136. The number of anilines is 1. The average Bonchev–Trinajstić information content (AvgIpc) is 2.87. The summed E-state index contributed by atoms with van der Waals surface area (Å²) in [5.41, 5.74) is 8.67. The molecule has 0 fully saturated rings. The topological polar surface area (TPSA) is 108 Å². The minimum atomic E-state index is -0.883. The molecule has 2 heterocycles. The van der Waals surface area contributed by atoms with Gasteiger partial charge in [-0.15, -0.1) is 0 Å². The number of aromatic nitrogens is 3. The molecule has 3 rings (SSSR count). The minimum Gasteiger partial charge on any atom is -0.465 e. The average molecular weight is 287 g/mol. The Morgan fingerprint density at radius 3 is 3.05 bits per heavy atom. The van der Waals surface area contributed by atoms with E-state index in [0.717, 1.165) is 30.2 Å². The van der Waals surface area contributed by atoms with E-state index in [0.29, 0.717) is 11.5 Å². The summed E-state index contributed by atoms with van der Waals surface area (Å²) < 4.78 is 0. The Morgan fingerprint density at radius 1 is 1.57 bits per heavy atom. The van der Waals surface area contributed by atoms with Crippen LogP contribution in [0.2, 0.25) is 0 Å². The summed E-state index contributed by atoms with van der Waals surface area (Å²) in [7, 11) is 1.62. The van der Waals surface area contributed by atoms with Crippen molar-refractivity contribution < 1.29 is 9.90 Å². The van der Waals surface area contributed by atoms with Gasteiger partial charge in [0.1, 0.15) is 0 Å². The van der Waals surface area contributed by atoms with Gasteiger partial charge in [-0.1, -0.05) is 6.08 Å². The highest BCUT2D eigenvalue weighted by Crippen LogP contribution is 2.30. The molecule has 2 aromatic heterocycles. The molecular weight excluding hydrogens is 270 g/mol. The predicted molar refractivity (Wildman–Crippen MR) is 79.7 cm³/mol. The van der Waals surface area contributed by atoms with Crippen LogP contribution < -0.4 is 5.73 Å². The van der Waals surface area contributed by atoms with Gasteiger partial charge in [0, 0.05) is 19.3 Å². The number of aromatic amines is 1. The van der Waals surface area contributed by atoms with Crippen LogP contribution in [0.5, 0.6) is 0 Å². The van der Waals surface area contributed by atoms with Gasteiger partial charge in [0.15, 0.2) is 11.5 Å². The van der Waals surface area contributed by atoms with Crippen LogP contribution in [0, 0.1) is 0 Å². The van der Waals surface area contributed by atoms with Gasteiger partial charge < -0.3 is 15.7 Å². The van der Waals surface area contributed by atoms with Crippen LogP contribution in [-0.4, -0.2) is 44.4 Å². The number of nitrogens with two attached hydrogens (primary N) is 1. The second-order valence-electron chi connectivity index (χ2n) is 5.28. The van der Waals surface area contributed by atoms with Gasteiger partial charge in [0.2, 0.25) is 0 Å². The molecule has 1 aliphatic rings. The van der Waals surface area contributed by atoms with Crippen molar-refractivity contribution in [2.24, 2.45) is 0 Å². The normalized spacial score (nSPS) is 18.5. The fourth-order valence-corrected chi connectivity index (χ4v) is 2.69. The van der Waals surface area contributed by atoms with E-state index in [1.807, 2.05) is 6.07 Å². The third-order valence-electron chi connectivity index (χ3n) is 4.05. The number of nitrogens with zero attached hydrogens (tertiary/aromatic N) is 3. The Bertz CT molecular complexity index is 721. The number of allylic oxidation sites excluding steroid dienone is 1. The lowest BCUT2D eigenvalue weighted by Gasteiger charge is -2.28. The Kier molecular flexibility index (Phi) is 3.25. The lowest BCUT2D eigenvalue weighted by Crippen LogP contribution is -2.36. The zero-order chi connectivity index (χ0) is 15.0. The summed E-state index contributed by atoms with van der Waals surface area (Å²) in [5, 5.41) is 16.5. The highest BCUT2D eigenvalue weighted by atomic mass is 16.4. The maximum Gasteiger partial charge on any atom is 0.407 e. The molecule has 21 heavy (non-hydrogen) atoms. The van der Waals surface area contributed by atoms with Gasteiger partial charge in [-0.2, -0.15) is 5.10 Å². The van der Waals surface area contributed by atoms with Crippen molar-refractivity contribution in [3.05, 3.63) is 23.9 Å². The Balaban J connectivity index is 1.83. The number of pyridine rings is 1. The summed E-state index contributed by atoms with van der Waals surface area (Å²) >= 11 is 0. The molecule has 7 heteroatoms. The van der Waals surface area contributed by atoms with Crippen molar-refractivity contribution in [3.63, 3.8) is 0 Å². The molecule has 1 atom stereocenters. The van der Waals surface area contributed by atoms with Crippen molar-refractivity contribution in [3.8, 4) is 0 Å². The Morgan fingerprint density at radius 2 is 2.38 bits per heavy atom. The molecule has 0 aromatic carbocycles. The molecule has 7 nitrogen and oxygen atoms in total. The van der Waals surface area contributed by atoms with E-state index in [1.54, 1.807) is 13.2 Å². The Labute approximate surface area is 121 Å². The number of hydrogen-bond donors (Lipinski definition) is 3. The molecule has 0 spiro atoms. The van der Waals surface area contributed by atoms with Crippen molar-refractivity contribution >= 4 is 28.5 Å². The number of fused-ring (bicyclic) bond motifs is 1. The van der Waals surface area contributed by atoms with E-state index in [1.165, 1.54) is 10.5 Å². The third kappa shape index (κ3) is 2.42. The second-order valence-corrected chi connectivity index (χ2v) is 5.28. The quantitative estimate of drug-likeness (QED) is 0.783. The summed E-state index contributed by atoms with van der Waals surface area (Å²) in [6.07, 6.45) is 5.36. The molecular formula is C14H17N5O2. The molecule has 0 bridgehead atoms. The van der Waals surface area contributed by atoms with Crippen molar-refractivity contribution in [1.29, 1.82) is 0 Å². The molecule has 1 amide bonds. The molecule has 2 aromatic rings. The van der Waals surface area contributed by atoms with Crippen LogP contribution in [0.25, 0.3) is 16.6 Å². The number of carboxylic acid groups (broad SMARTS) is 1. The standard InChI is InChI=1S/C14H17N5O2/c1-19(14(20)21)10-4-2-8(3-5-10)9-6-11-12(15)17-18-13(11)16-7-9/h2,6-7,10H,3-5H2,1H3,(H,20,21)(H3,15,16,17,18). The monoisotopic (exact) mass is 287 g/mol. The molecule has 1 unspecified atom stereocenters. The van der Waals surface area contributed by atoms with Crippen LogP contribution in [-0.2, 0) is 0 Å². The van der Waals surface area contributed by atoms with E-state index < -0.39 is 6.09 Å². The molecule has 0 saturated carbocycles. The zero-order valence-corrected chi connectivity index (χ0v) is 11.7. The van der Waals surface area contributed by atoms with Crippen LogP contribution >= 0.6 is 0 Å². The maximum absolute atomic E-state index is 11.0. The number of amides is 1. The third-order valence-corrected chi connectivity index (χ3v) is 4.05. The number of nitrogen functional groups attached to an aromatic ring is 1. The molecule has 110 valence electrons. The summed E-state index contributed by atoms with van der Waals surface area (Å²) in [5.74, 6) is 0.444. The van der Waals surface area contributed by atoms with E-state index >= 15 is 0 Å². The highest BCUT2D eigenvalue weighted by molar-refractivity contribution is 5.88. The zero-order valence-electron chi connectivity index (χ0n) is 11.7. The van der Waals surface area contributed by atoms with E-state index in [2.05, 4.69) is 21.3 Å². The first-order chi connectivity index (χ1) is 10.1. The number of rotatable bonds is 2. The highest BCUT2D eigenvalue weighted by Gasteiger charge is 2.22. The van der Waals surface area contributed by atoms with Gasteiger partial charge in [0.25, 0.3) is 0 Å². The first-order valence-corrected chi connectivity index (χ1v) is 6.81. The lowest BCUT2D eigenvalue weighted by atomic mass is 9.90. The molecule has 0 aliphatic heterocycles. The van der Waals surface area contributed by atoms with E-state index in [-0.39, 0.29) is 6.04 Å². The Hall–Kier alpha value is -2.57. The van der Waals surface area contributed by atoms with Crippen molar-refractivity contribution in [2.75, 3.05) is 12.8 Å². The van der Waals surface area contributed by atoms with Gasteiger partial charge in [-0.25, -0.2) is 9.78 Å². The summed E-state index contributed by atoms with van der Waals surface area (Å²) in [6, 6.07) is 2.02. The van der Waals surface area contributed by atoms with Crippen LogP contribution in [0.4, 0.5) is 10.6 Å². The first kappa shape index (κ1) is 13.4. The van der Waals surface area contributed by atoms with Crippen LogP contribution in [0.3, 0.4) is 0 Å². The fraction of sp³-hybridized carbons (Fsp3) is 0.357. The van der Waals surface area contributed by atoms with Crippen molar-refractivity contribution in [1.82, 2.24) is 20.1 Å². The molecule has 1 aliphatic carbocycles. The smallest absolute Gasteiger partial charge is 0.407 e. The summed E-state index contributed by atoms with van der Waals surface area (Å²) in [6.45, 7) is 0. The number of hydrogen-bond acceptors (Lipinski definition) is 4. The second kappa shape index (κ2) is 5.08. The first-order valence-electron chi connectivity index (χ1n) is 6.81. The predicted octanol–water partition coefficient (Wildman–Crippen LogP) is 2.09. The number of carbonyl (C=O) groups is 1. The fourth-order valence-electron chi connectivity index (χ4n) is 2.69. The number of H-pyrrole nitrogens is 1. The van der Waals surface area contributed by atoms with Gasteiger partial charge >= 0.3 is 6.09 Å². The van der Waals surface area contributed by atoms with Crippen LogP contribution in [0.15, 0.2) is 18.3 Å². The van der Waals surface area contributed by atoms with E-state index in [9.17, 15) is 4.79 Å². The molecule has 0 saturated heterocycles.